The van der Waals surface area contributed by atoms with Gasteiger partial charge in [-0.2, -0.15) is 14.9 Å². The predicted molar refractivity (Wildman–Crippen MR) is 143 cm³/mol. The SMILES string of the molecule is N#CC1=c2s/c(=C/c3ccc(O)c4ncccc34)c(=O)n2-c2nnn3c(=S)[nH]nc3c2C1c1ccccc1. The van der Waals surface area contributed by atoms with Gasteiger partial charge in [-0.05, 0) is 41.6 Å². The topological polar surface area (TPSA) is 138 Å². The van der Waals surface area contributed by atoms with Crippen LogP contribution in [0.4, 0.5) is 0 Å². The van der Waals surface area contributed by atoms with E-state index in [1.165, 1.54) is 20.4 Å². The number of hydrogen-bond acceptors (Lipinski definition) is 9. The minimum atomic E-state index is -0.538. The molecule has 0 fully saturated rings. The van der Waals surface area contributed by atoms with Crippen molar-refractivity contribution < 1.29 is 5.11 Å². The number of thiazole rings is 1. The van der Waals surface area contributed by atoms with E-state index >= 15 is 0 Å². The minimum absolute atomic E-state index is 0.0524. The van der Waals surface area contributed by atoms with Crippen molar-refractivity contribution in [1.82, 2.24) is 34.6 Å². The lowest BCUT2D eigenvalue weighted by atomic mass is 9.85. The molecular weight excluding hydrogens is 520 g/mol. The zero-order valence-corrected chi connectivity index (χ0v) is 20.9. The van der Waals surface area contributed by atoms with Crippen LogP contribution in [0.5, 0.6) is 5.75 Å². The summed E-state index contributed by atoms with van der Waals surface area (Å²) < 4.78 is 3.94. The molecule has 0 radical (unpaired) electrons. The molecule has 0 saturated carbocycles. The van der Waals surface area contributed by atoms with Crippen LogP contribution in [0.2, 0.25) is 0 Å². The fraction of sp³-hybridized carbons (Fsp3) is 0.0385. The normalized spacial score (nSPS) is 15.0. The second-order valence-corrected chi connectivity index (χ2v) is 10.0. The van der Waals surface area contributed by atoms with Crippen molar-refractivity contribution in [2.24, 2.45) is 0 Å². The number of phenolic OH excluding ortho intramolecular Hbond substituents is 1. The van der Waals surface area contributed by atoms with Gasteiger partial charge < -0.3 is 5.11 Å². The molecule has 1 atom stereocenters. The maximum atomic E-state index is 13.9. The van der Waals surface area contributed by atoms with Crippen molar-refractivity contribution in [2.75, 3.05) is 0 Å². The smallest absolute Gasteiger partial charge is 0.274 e. The monoisotopic (exact) mass is 534 g/mol. The van der Waals surface area contributed by atoms with E-state index in [4.69, 9.17) is 12.2 Å². The molecule has 10 nitrogen and oxygen atoms in total. The number of benzene rings is 2. The third-order valence-electron chi connectivity index (χ3n) is 6.53. The Labute approximate surface area is 221 Å². The molecule has 0 bridgehead atoms. The van der Waals surface area contributed by atoms with E-state index in [9.17, 15) is 15.2 Å². The number of rotatable bonds is 2. The van der Waals surface area contributed by atoms with E-state index in [1.807, 2.05) is 36.4 Å². The van der Waals surface area contributed by atoms with Gasteiger partial charge in [0, 0.05) is 11.6 Å². The molecule has 4 aromatic heterocycles. The van der Waals surface area contributed by atoms with Crippen molar-refractivity contribution in [1.29, 1.82) is 5.26 Å². The van der Waals surface area contributed by atoms with Gasteiger partial charge in [-0.25, -0.2) is 9.67 Å². The summed E-state index contributed by atoms with van der Waals surface area (Å²) in [5, 5.41) is 37.0. The van der Waals surface area contributed by atoms with Crippen molar-refractivity contribution >= 4 is 51.8 Å². The van der Waals surface area contributed by atoms with Crippen LogP contribution in [0.3, 0.4) is 0 Å². The van der Waals surface area contributed by atoms with E-state index in [2.05, 4.69) is 31.6 Å². The Morgan fingerprint density at radius 1 is 1.16 bits per heavy atom. The highest BCUT2D eigenvalue weighted by Gasteiger charge is 2.35. The number of H-pyrrole nitrogens is 1. The Balaban J connectivity index is 1.61. The van der Waals surface area contributed by atoms with Gasteiger partial charge in [-0.1, -0.05) is 47.7 Å². The first-order valence-electron chi connectivity index (χ1n) is 11.4. The van der Waals surface area contributed by atoms with Crippen LogP contribution in [0.25, 0.3) is 34.0 Å². The lowest BCUT2D eigenvalue weighted by Crippen LogP contribution is -2.36. The second-order valence-electron chi connectivity index (χ2n) is 8.59. The molecule has 0 spiro atoms. The first-order chi connectivity index (χ1) is 18.6. The summed E-state index contributed by atoms with van der Waals surface area (Å²) in [6.45, 7) is 0. The van der Waals surface area contributed by atoms with Gasteiger partial charge in [0.25, 0.3) is 5.56 Å². The number of aromatic nitrogens is 7. The number of nitrogens with one attached hydrogen (secondary N) is 1. The maximum absolute atomic E-state index is 13.9. The van der Waals surface area contributed by atoms with Gasteiger partial charge in [0.1, 0.15) is 15.9 Å². The fourth-order valence-electron chi connectivity index (χ4n) is 4.87. The summed E-state index contributed by atoms with van der Waals surface area (Å²) in [4.78, 5) is 18.1. The summed E-state index contributed by atoms with van der Waals surface area (Å²) in [5.41, 5.74) is 3.00. The van der Waals surface area contributed by atoms with Crippen LogP contribution >= 0.6 is 23.6 Å². The van der Waals surface area contributed by atoms with Crippen LogP contribution in [0.15, 0.2) is 65.6 Å². The summed E-state index contributed by atoms with van der Waals surface area (Å²) in [7, 11) is 0. The summed E-state index contributed by atoms with van der Waals surface area (Å²) in [5.74, 6) is -0.187. The van der Waals surface area contributed by atoms with Crippen LogP contribution in [-0.2, 0) is 0 Å². The zero-order valence-electron chi connectivity index (χ0n) is 19.2. The van der Waals surface area contributed by atoms with Crippen LogP contribution in [0, 0.1) is 16.1 Å². The molecule has 2 aromatic carbocycles. The summed E-state index contributed by atoms with van der Waals surface area (Å²) >= 11 is 6.51. The molecule has 2 N–H and O–H groups in total. The van der Waals surface area contributed by atoms with Gasteiger partial charge in [-0.15, -0.1) is 16.4 Å². The Morgan fingerprint density at radius 2 is 2.00 bits per heavy atom. The lowest BCUT2D eigenvalue weighted by Gasteiger charge is -2.23. The van der Waals surface area contributed by atoms with Crippen molar-refractivity contribution in [3.05, 3.63) is 102 Å². The maximum Gasteiger partial charge on any atom is 0.274 e. The van der Waals surface area contributed by atoms with Crippen LogP contribution in [-0.4, -0.2) is 39.7 Å². The molecule has 1 unspecified atom stereocenters. The Morgan fingerprint density at radius 3 is 2.82 bits per heavy atom. The van der Waals surface area contributed by atoms with E-state index in [1.54, 1.807) is 30.5 Å². The molecule has 1 aliphatic heterocycles. The van der Waals surface area contributed by atoms with Gasteiger partial charge in [0.15, 0.2) is 11.5 Å². The second kappa shape index (κ2) is 8.27. The van der Waals surface area contributed by atoms with Gasteiger partial charge in [0.05, 0.1) is 27.7 Å². The number of phenols is 1. The molecule has 0 aliphatic carbocycles. The third kappa shape index (κ3) is 3.09. The lowest BCUT2D eigenvalue weighted by molar-refractivity contribution is 0.480. The number of aromatic amines is 1. The number of nitrogens with zero attached hydrogens (tertiary/aromatic N) is 7. The quantitative estimate of drug-likeness (QED) is 0.323. The van der Waals surface area contributed by atoms with E-state index in [-0.39, 0.29) is 16.1 Å². The Kier molecular flexibility index (Phi) is 4.84. The largest absolute Gasteiger partial charge is 0.506 e. The van der Waals surface area contributed by atoms with Crippen LogP contribution < -0.4 is 14.8 Å². The van der Waals surface area contributed by atoms with Crippen LogP contribution in [0.1, 0.15) is 22.6 Å². The van der Waals surface area contributed by atoms with Crippen molar-refractivity contribution in [3.8, 4) is 17.6 Å². The highest BCUT2D eigenvalue weighted by molar-refractivity contribution is 7.71. The van der Waals surface area contributed by atoms with E-state index in [0.29, 0.717) is 48.3 Å². The number of nitriles is 1. The molecule has 1 aliphatic rings. The Hall–Kier alpha value is -4.99. The highest BCUT2D eigenvalue weighted by atomic mass is 32.1. The minimum Gasteiger partial charge on any atom is -0.506 e. The van der Waals surface area contributed by atoms with E-state index < -0.39 is 5.92 Å². The number of pyridine rings is 1. The Bertz CT molecular complexity index is 2220. The third-order valence-corrected chi connectivity index (χ3v) is 7.90. The van der Waals surface area contributed by atoms with Crippen molar-refractivity contribution in [2.45, 2.75) is 5.92 Å². The van der Waals surface area contributed by atoms with Gasteiger partial charge >= 0.3 is 0 Å². The zero-order chi connectivity index (χ0) is 26.0. The fourth-order valence-corrected chi connectivity index (χ4v) is 6.15. The molecule has 0 amide bonds. The molecule has 182 valence electrons. The van der Waals surface area contributed by atoms with E-state index in [0.717, 1.165) is 5.56 Å². The molecule has 7 rings (SSSR count). The molecule has 12 heteroatoms. The first kappa shape index (κ1) is 22.2. The number of aromatic hydroxyl groups is 1. The summed E-state index contributed by atoms with van der Waals surface area (Å²) in [6, 6.07) is 18.8. The van der Waals surface area contributed by atoms with Crippen molar-refractivity contribution in [3.63, 3.8) is 0 Å². The molecule has 5 heterocycles. The molecule has 38 heavy (non-hydrogen) atoms. The average molecular weight is 535 g/mol. The summed E-state index contributed by atoms with van der Waals surface area (Å²) in [6.07, 6.45) is 3.34. The van der Waals surface area contributed by atoms with Gasteiger partial charge in [-0.3, -0.25) is 9.78 Å². The highest BCUT2D eigenvalue weighted by Crippen LogP contribution is 2.38. The molecular formula is C26H14N8O2S2. The van der Waals surface area contributed by atoms with Gasteiger partial charge in [0.2, 0.25) is 4.77 Å². The predicted octanol–water partition coefficient (Wildman–Crippen LogP) is 2.30. The first-order valence-corrected chi connectivity index (χ1v) is 12.6. The average Bonchev–Trinajstić information content (AvgIpc) is 3.49. The number of fused-ring (bicyclic) bond motifs is 6. The number of hydrogen-bond donors (Lipinski definition) is 2. The molecule has 0 saturated heterocycles. The standard InChI is InChI=1S/C26H14N8O2S2/c27-12-16-19(13-5-2-1-3-6-13)20-22(30-32-34-23(20)29-31-26(34)37)33-24(36)18(38-25(16)33)11-14-8-9-17(35)21-15(14)7-4-10-28-21/h1-11,19,35H,(H,31,37)/b18-11+. The molecule has 6 aromatic rings.